The molecule has 0 aliphatic heterocycles. The van der Waals surface area contributed by atoms with Gasteiger partial charge in [0.1, 0.15) is 5.82 Å². The van der Waals surface area contributed by atoms with Crippen LogP contribution in [0.1, 0.15) is 5.56 Å². The summed E-state index contributed by atoms with van der Waals surface area (Å²) in [6.45, 7) is 0.588. The topological polar surface area (TPSA) is 12.0 Å². The molecule has 17 heavy (non-hydrogen) atoms. The Morgan fingerprint density at radius 2 is 1.94 bits per heavy atom. The van der Waals surface area contributed by atoms with E-state index in [1.807, 2.05) is 24.3 Å². The van der Waals surface area contributed by atoms with Crippen molar-refractivity contribution in [2.24, 2.45) is 0 Å². The second-order valence-corrected chi connectivity index (χ2v) is 4.83. The minimum Gasteiger partial charge on any atom is -0.380 e. The molecule has 2 aromatic rings. The van der Waals surface area contributed by atoms with Gasteiger partial charge < -0.3 is 5.32 Å². The average Bonchev–Trinajstić information content (AvgIpc) is 2.32. The van der Waals surface area contributed by atoms with Crippen LogP contribution in [-0.2, 0) is 6.54 Å². The van der Waals surface area contributed by atoms with Crippen molar-refractivity contribution in [1.82, 2.24) is 0 Å². The molecular formula is C13H10BrClFN. The summed E-state index contributed by atoms with van der Waals surface area (Å²) in [6.07, 6.45) is 0. The van der Waals surface area contributed by atoms with Gasteiger partial charge in [-0.25, -0.2) is 4.39 Å². The van der Waals surface area contributed by atoms with E-state index in [1.54, 1.807) is 6.07 Å². The Kier molecular flexibility index (Phi) is 4.02. The minimum atomic E-state index is -0.302. The molecule has 0 heterocycles. The van der Waals surface area contributed by atoms with Crippen LogP contribution in [0.15, 0.2) is 46.9 Å². The Morgan fingerprint density at radius 1 is 1.18 bits per heavy atom. The van der Waals surface area contributed by atoms with E-state index in [-0.39, 0.29) is 5.82 Å². The Labute approximate surface area is 113 Å². The molecule has 0 saturated heterocycles. The summed E-state index contributed by atoms with van der Waals surface area (Å²) in [5, 5.41) is 3.62. The van der Waals surface area contributed by atoms with E-state index in [4.69, 9.17) is 11.6 Å². The molecule has 0 atom stereocenters. The zero-order valence-electron chi connectivity index (χ0n) is 8.88. The molecule has 0 aliphatic carbocycles. The molecule has 0 amide bonds. The van der Waals surface area contributed by atoms with Gasteiger partial charge in [0.15, 0.2) is 0 Å². The SMILES string of the molecule is Fc1ccc(Cl)c(NCc2ccccc2Br)c1. The number of benzene rings is 2. The lowest BCUT2D eigenvalue weighted by Gasteiger charge is -2.09. The maximum absolute atomic E-state index is 13.0. The van der Waals surface area contributed by atoms with Crippen LogP contribution >= 0.6 is 27.5 Å². The summed E-state index contributed by atoms with van der Waals surface area (Å²) in [4.78, 5) is 0. The largest absolute Gasteiger partial charge is 0.380 e. The lowest BCUT2D eigenvalue weighted by atomic mass is 10.2. The van der Waals surface area contributed by atoms with Crippen LogP contribution in [0.2, 0.25) is 5.02 Å². The zero-order chi connectivity index (χ0) is 12.3. The normalized spacial score (nSPS) is 10.3. The van der Waals surface area contributed by atoms with Crippen molar-refractivity contribution >= 4 is 33.2 Å². The number of nitrogens with one attached hydrogen (secondary N) is 1. The fourth-order valence-electron chi connectivity index (χ4n) is 1.47. The smallest absolute Gasteiger partial charge is 0.125 e. The van der Waals surface area contributed by atoms with Crippen LogP contribution < -0.4 is 5.32 Å². The Balaban J connectivity index is 2.12. The second-order valence-electron chi connectivity index (χ2n) is 3.57. The maximum atomic E-state index is 13.0. The number of hydrogen-bond donors (Lipinski definition) is 1. The highest BCUT2D eigenvalue weighted by Crippen LogP contribution is 2.24. The zero-order valence-corrected chi connectivity index (χ0v) is 11.2. The number of hydrogen-bond acceptors (Lipinski definition) is 1. The molecule has 1 nitrogen and oxygen atoms in total. The summed E-state index contributed by atoms with van der Waals surface area (Å²) in [5.74, 6) is -0.302. The molecular weight excluding hydrogens is 305 g/mol. The molecule has 4 heteroatoms. The van der Waals surface area contributed by atoms with E-state index in [1.165, 1.54) is 12.1 Å². The van der Waals surface area contributed by atoms with E-state index < -0.39 is 0 Å². The molecule has 88 valence electrons. The quantitative estimate of drug-likeness (QED) is 0.853. The maximum Gasteiger partial charge on any atom is 0.125 e. The van der Waals surface area contributed by atoms with Gasteiger partial charge in [-0.3, -0.25) is 0 Å². The summed E-state index contributed by atoms with van der Waals surface area (Å²) >= 11 is 9.42. The fourth-order valence-corrected chi connectivity index (χ4v) is 2.07. The summed E-state index contributed by atoms with van der Waals surface area (Å²) in [5.41, 5.74) is 1.69. The first-order chi connectivity index (χ1) is 8.16. The Morgan fingerprint density at radius 3 is 2.71 bits per heavy atom. The highest BCUT2D eigenvalue weighted by Gasteiger charge is 2.03. The van der Waals surface area contributed by atoms with Crippen molar-refractivity contribution in [3.05, 3.63) is 63.3 Å². The molecule has 0 bridgehead atoms. The number of halogens is 3. The van der Waals surface area contributed by atoms with E-state index in [0.29, 0.717) is 17.3 Å². The van der Waals surface area contributed by atoms with Gasteiger partial charge in [0.25, 0.3) is 0 Å². The molecule has 0 unspecified atom stereocenters. The first-order valence-electron chi connectivity index (χ1n) is 5.09. The van der Waals surface area contributed by atoms with Crippen molar-refractivity contribution in [2.45, 2.75) is 6.54 Å². The van der Waals surface area contributed by atoms with Crippen molar-refractivity contribution < 1.29 is 4.39 Å². The lowest BCUT2D eigenvalue weighted by Crippen LogP contribution is -2.01. The standard InChI is InChI=1S/C13H10BrClFN/c14-11-4-2-1-3-9(11)8-17-13-7-10(16)5-6-12(13)15/h1-7,17H,8H2. The Hall–Kier alpha value is -1.06. The third kappa shape index (κ3) is 3.20. The van der Waals surface area contributed by atoms with Gasteiger partial charge >= 0.3 is 0 Å². The van der Waals surface area contributed by atoms with Crippen LogP contribution in [0.25, 0.3) is 0 Å². The van der Waals surface area contributed by atoms with E-state index in [0.717, 1.165) is 10.0 Å². The highest BCUT2D eigenvalue weighted by atomic mass is 79.9. The molecule has 0 aromatic heterocycles. The molecule has 0 radical (unpaired) electrons. The van der Waals surface area contributed by atoms with Crippen molar-refractivity contribution in [3.8, 4) is 0 Å². The van der Waals surface area contributed by atoms with E-state index in [9.17, 15) is 4.39 Å². The molecule has 2 rings (SSSR count). The van der Waals surface area contributed by atoms with Gasteiger partial charge in [-0.05, 0) is 29.8 Å². The van der Waals surface area contributed by atoms with Gasteiger partial charge in [0.2, 0.25) is 0 Å². The first-order valence-corrected chi connectivity index (χ1v) is 6.26. The van der Waals surface area contributed by atoms with E-state index >= 15 is 0 Å². The summed E-state index contributed by atoms with van der Waals surface area (Å²) < 4.78 is 14.1. The lowest BCUT2D eigenvalue weighted by molar-refractivity contribution is 0.628. The third-order valence-electron chi connectivity index (χ3n) is 2.36. The summed E-state index contributed by atoms with van der Waals surface area (Å²) in [7, 11) is 0. The van der Waals surface area contributed by atoms with E-state index in [2.05, 4.69) is 21.2 Å². The average molecular weight is 315 g/mol. The van der Waals surface area contributed by atoms with Crippen LogP contribution in [0, 0.1) is 5.82 Å². The van der Waals surface area contributed by atoms with Gasteiger partial charge in [-0.1, -0.05) is 45.7 Å². The first kappa shape index (κ1) is 12.4. The minimum absolute atomic E-state index is 0.302. The molecule has 1 N–H and O–H groups in total. The molecule has 0 spiro atoms. The second kappa shape index (κ2) is 5.52. The van der Waals surface area contributed by atoms with Gasteiger partial charge in [0.05, 0.1) is 10.7 Å². The third-order valence-corrected chi connectivity index (χ3v) is 3.46. The predicted octanol–water partition coefficient (Wildman–Crippen LogP) is 4.85. The molecule has 2 aromatic carbocycles. The predicted molar refractivity (Wildman–Crippen MR) is 72.9 cm³/mol. The van der Waals surface area contributed by atoms with Crippen LogP contribution in [-0.4, -0.2) is 0 Å². The van der Waals surface area contributed by atoms with Gasteiger partial charge in [-0.15, -0.1) is 0 Å². The number of anilines is 1. The molecule has 0 fully saturated rings. The number of rotatable bonds is 3. The van der Waals surface area contributed by atoms with Crippen molar-refractivity contribution in [1.29, 1.82) is 0 Å². The van der Waals surface area contributed by atoms with Crippen LogP contribution in [0.3, 0.4) is 0 Å². The van der Waals surface area contributed by atoms with Crippen molar-refractivity contribution in [2.75, 3.05) is 5.32 Å². The fraction of sp³-hybridized carbons (Fsp3) is 0.0769. The van der Waals surface area contributed by atoms with Gasteiger partial charge in [0, 0.05) is 11.0 Å². The molecule has 0 saturated carbocycles. The van der Waals surface area contributed by atoms with Crippen molar-refractivity contribution in [3.63, 3.8) is 0 Å². The molecule has 0 aliphatic rings. The highest BCUT2D eigenvalue weighted by molar-refractivity contribution is 9.10. The Bertz CT molecular complexity index is 531. The van der Waals surface area contributed by atoms with Gasteiger partial charge in [-0.2, -0.15) is 0 Å². The monoisotopic (exact) mass is 313 g/mol. The summed E-state index contributed by atoms with van der Waals surface area (Å²) in [6, 6.07) is 12.1. The van der Waals surface area contributed by atoms with Crippen LogP contribution in [0.5, 0.6) is 0 Å². The van der Waals surface area contributed by atoms with Crippen LogP contribution in [0.4, 0.5) is 10.1 Å².